The van der Waals surface area contributed by atoms with Crippen molar-refractivity contribution >= 4 is 5.96 Å². The van der Waals surface area contributed by atoms with Gasteiger partial charge in [0.2, 0.25) is 0 Å². The molecule has 31 heavy (non-hydrogen) atoms. The number of nitrogens with one attached hydrogen (secondary N) is 2. The SMILES string of the molecule is CN=C(NCCCCN1CCC(Cc2ccccc2)CC1)NC(C)COC1CCOC1. The summed E-state index contributed by atoms with van der Waals surface area (Å²) in [7, 11) is 1.83. The average molecular weight is 431 g/mol. The van der Waals surface area contributed by atoms with Crippen LogP contribution >= 0.6 is 0 Å². The van der Waals surface area contributed by atoms with Gasteiger partial charge in [0.25, 0.3) is 0 Å². The fraction of sp³-hybridized carbons (Fsp3) is 0.720. The first kappa shape index (κ1) is 24.0. The second-order valence-corrected chi connectivity index (χ2v) is 9.05. The molecule has 1 aromatic carbocycles. The zero-order valence-electron chi connectivity index (χ0n) is 19.5. The predicted molar refractivity (Wildman–Crippen MR) is 128 cm³/mol. The van der Waals surface area contributed by atoms with E-state index < -0.39 is 0 Å². The van der Waals surface area contributed by atoms with Crippen LogP contribution in [0.1, 0.15) is 44.6 Å². The van der Waals surface area contributed by atoms with Crippen molar-refractivity contribution in [2.45, 2.75) is 57.6 Å². The summed E-state index contributed by atoms with van der Waals surface area (Å²) in [4.78, 5) is 6.98. The van der Waals surface area contributed by atoms with Crippen LogP contribution in [0.3, 0.4) is 0 Å². The Hall–Kier alpha value is -1.63. The number of likely N-dealkylation sites (tertiary alicyclic amines) is 1. The Morgan fingerprint density at radius 1 is 1.19 bits per heavy atom. The summed E-state index contributed by atoms with van der Waals surface area (Å²) in [6.45, 7) is 9.01. The molecule has 0 bridgehead atoms. The third-order valence-corrected chi connectivity index (χ3v) is 6.34. The molecule has 0 radical (unpaired) electrons. The molecule has 0 spiro atoms. The molecule has 2 atom stereocenters. The first-order valence-corrected chi connectivity index (χ1v) is 12.2. The molecule has 2 unspecified atom stereocenters. The lowest BCUT2D eigenvalue weighted by molar-refractivity contribution is 0.0347. The van der Waals surface area contributed by atoms with Crippen LogP contribution in [-0.4, -0.2) is 76.1 Å². The maximum atomic E-state index is 5.89. The van der Waals surface area contributed by atoms with E-state index in [1.807, 2.05) is 7.05 Å². The summed E-state index contributed by atoms with van der Waals surface area (Å²) in [6, 6.07) is 11.2. The molecule has 0 aliphatic carbocycles. The molecule has 2 N–H and O–H groups in total. The summed E-state index contributed by atoms with van der Waals surface area (Å²) >= 11 is 0. The van der Waals surface area contributed by atoms with E-state index in [-0.39, 0.29) is 12.1 Å². The van der Waals surface area contributed by atoms with Crippen LogP contribution in [0.25, 0.3) is 0 Å². The number of aliphatic imine (C=N–C) groups is 1. The average Bonchev–Trinajstić information content (AvgIpc) is 3.32. The van der Waals surface area contributed by atoms with Crippen LogP contribution < -0.4 is 10.6 Å². The maximum Gasteiger partial charge on any atom is 0.191 e. The molecule has 2 fully saturated rings. The minimum atomic E-state index is 0.226. The smallest absolute Gasteiger partial charge is 0.191 e. The Morgan fingerprint density at radius 3 is 2.71 bits per heavy atom. The second-order valence-electron chi connectivity index (χ2n) is 9.05. The number of rotatable bonds is 11. The van der Waals surface area contributed by atoms with Gasteiger partial charge in [0, 0.05) is 26.2 Å². The Morgan fingerprint density at radius 2 is 2.00 bits per heavy atom. The van der Waals surface area contributed by atoms with E-state index in [4.69, 9.17) is 9.47 Å². The Kier molecular flexibility index (Phi) is 10.6. The number of ether oxygens (including phenoxy) is 2. The van der Waals surface area contributed by atoms with Gasteiger partial charge in [0.1, 0.15) is 0 Å². The molecule has 2 heterocycles. The number of guanidine groups is 1. The van der Waals surface area contributed by atoms with Gasteiger partial charge in [-0.1, -0.05) is 30.3 Å². The van der Waals surface area contributed by atoms with Crippen LogP contribution in [-0.2, 0) is 15.9 Å². The Bertz CT molecular complexity index is 626. The summed E-state index contributed by atoms with van der Waals surface area (Å²) < 4.78 is 11.2. The van der Waals surface area contributed by atoms with E-state index in [2.05, 4.69) is 57.8 Å². The maximum absolute atomic E-state index is 5.89. The van der Waals surface area contributed by atoms with Crippen molar-refractivity contribution in [3.05, 3.63) is 35.9 Å². The van der Waals surface area contributed by atoms with Crippen molar-refractivity contribution in [2.24, 2.45) is 10.9 Å². The molecule has 2 saturated heterocycles. The third-order valence-electron chi connectivity index (χ3n) is 6.34. The fourth-order valence-electron chi connectivity index (χ4n) is 4.42. The van der Waals surface area contributed by atoms with Gasteiger partial charge < -0.3 is 25.0 Å². The van der Waals surface area contributed by atoms with Crippen molar-refractivity contribution in [2.75, 3.05) is 53.0 Å². The molecule has 2 aliphatic rings. The van der Waals surface area contributed by atoms with Crippen LogP contribution in [0.15, 0.2) is 35.3 Å². The molecule has 1 aromatic rings. The van der Waals surface area contributed by atoms with E-state index in [0.717, 1.165) is 44.5 Å². The normalized spacial score (nSPS) is 21.9. The molecule has 3 rings (SSSR count). The van der Waals surface area contributed by atoms with E-state index in [1.54, 1.807) is 0 Å². The number of hydrogen-bond acceptors (Lipinski definition) is 4. The number of nitrogens with zero attached hydrogens (tertiary/aromatic N) is 2. The van der Waals surface area contributed by atoms with E-state index in [0.29, 0.717) is 6.61 Å². The summed E-state index contributed by atoms with van der Waals surface area (Å²) in [5, 5.41) is 6.86. The minimum absolute atomic E-state index is 0.226. The molecular formula is C25H42N4O2. The molecule has 0 amide bonds. The topological polar surface area (TPSA) is 58.1 Å². The van der Waals surface area contributed by atoms with Crippen LogP contribution in [0.4, 0.5) is 0 Å². The highest BCUT2D eigenvalue weighted by atomic mass is 16.5. The number of hydrogen-bond donors (Lipinski definition) is 2. The van der Waals surface area contributed by atoms with Gasteiger partial charge in [-0.2, -0.15) is 0 Å². The van der Waals surface area contributed by atoms with Gasteiger partial charge >= 0.3 is 0 Å². The molecule has 0 aromatic heterocycles. The molecule has 0 saturated carbocycles. The van der Waals surface area contributed by atoms with Crippen molar-refractivity contribution in [3.63, 3.8) is 0 Å². The van der Waals surface area contributed by atoms with Crippen molar-refractivity contribution in [3.8, 4) is 0 Å². The highest BCUT2D eigenvalue weighted by Crippen LogP contribution is 2.21. The lowest BCUT2D eigenvalue weighted by Gasteiger charge is -2.32. The molecule has 6 heteroatoms. The first-order valence-electron chi connectivity index (χ1n) is 12.2. The standard InChI is InChI=1S/C25H42N4O2/c1-21(19-31-24-12-17-30-20-24)28-25(26-2)27-13-6-7-14-29-15-10-23(11-16-29)18-22-8-4-3-5-9-22/h3-5,8-9,21,23-24H,6-7,10-20H2,1-2H3,(H2,26,27,28). The van der Waals surface area contributed by atoms with Crippen LogP contribution in [0.2, 0.25) is 0 Å². The molecule has 2 aliphatic heterocycles. The summed E-state index contributed by atoms with van der Waals surface area (Å²) in [5.74, 6) is 1.71. The predicted octanol–water partition coefficient (Wildman–Crippen LogP) is 3.08. The third kappa shape index (κ3) is 9.17. The lowest BCUT2D eigenvalue weighted by Crippen LogP contribution is -2.44. The van der Waals surface area contributed by atoms with Crippen molar-refractivity contribution in [1.29, 1.82) is 0 Å². The van der Waals surface area contributed by atoms with Crippen LogP contribution in [0.5, 0.6) is 0 Å². The largest absolute Gasteiger partial charge is 0.379 e. The lowest BCUT2D eigenvalue weighted by atomic mass is 9.90. The van der Waals surface area contributed by atoms with E-state index in [9.17, 15) is 0 Å². The number of piperidine rings is 1. The highest BCUT2D eigenvalue weighted by molar-refractivity contribution is 5.79. The van der Waals surface area contributed by atoms with Gasteiger partial charge in [-0.15, -0.1) is 0 Å². The molecule has 174 valence electrons. The Balaban J connectivity index is 1.20. The van der Waals surface area contributed by atoms with E-state index in [1.165, 1.54) is 50.9 Å². The van der Waals surface area contributed by atoms with Gasteiger partial charge in [0.15, 0.2) is 5.96 Å². The Labute approximate surface area is 188 Å². The van der Waals surface area contributed by atoms with E-state index >= 15 is 0 Å². The minimum Gasteiger partial charge on any atom is -0.379 e. The van der Waals surface area contributed by atoms with Gasteiger partial charge in [-0.05, 0) is 76.6 Å². The second kappa shape index (κ2) is 13.7. The van der Waals surface area contributed by atoms with Crippen LogP contribution in [0, 0.1) is 5.92 Å². The monoisotopic (exact) mass is 430 g/mol. The fourth-order valence-corrected chi connectivity index (χ4v) is 4.42. The van der Waals surface area contributed by atoms with Crippen molar-refractivity contribution in [1.82, 2.24) is 15.5 Å². The van der Waals surface area contributed by atoms with Gasteiger partial charge in [-0.25, -0.2) is 0 Å². The summed E-state index contributed by atoms with van der Waals surface area (Å²) in [6.07, 6.45) is 7.55. The molecule has 6 nitrogen and oxygen atoms in total. The first-order chi connectivity index (χ1) is 15.2. The number of unbranched alkanes of at least 4 members (excludes halogenated alkanes) is 1. The highest BCUT2D eigenvalue weighted by Gasteiger charge is 2.19. The molecular weight excluding hydrogens is 388 g/mol. The van der Waals surface area contributed by atoms with Gasteiger partial charge in [0.05, 0.1) is 19.3 Å². The quantitative estimate of drug-likeness (QED) is 0.321. The zero-order chi connectivity index (χ0) is 21.7. The van der Waals surface area contributed by atoms with Crippen molar-refractivity contribution < 1.29 is 9.47 Å². The summed E-state index contributed by atoms with van der Waals surface area (Å²) in [5.41, 5.74) is 1.49. The van der Waals surface area contributed by atoms with Gasteiger partial charge in [-0.3, -0.25) is 4.99 Å². The number of benzene rings is 1. The zero-order valence-corrected chi connectivity index (χ0v) is 19.5.